The SMILES string of the molecule is O=C(CCCc1ccccc1)NCc1ccc(S(=O)(=O)NC2CC2)cc1. The van der Waals surface area contributed by atoms with Crippen LogP contribution in [0.4, 0.5) is 0 Å². The summed E-state index contributed by atoms with van der Waals surface area (Å²) in [6, 6.07) is 16.8. The van der Waals surface area contributed by atoms with Gasteiger partial charge in [0.1, 0.15) is 0 Å². The molecule has 0 saturated heterocycles. The van der Waals surface area contributed by atoms with E-state index in [1.165, 1.54) is 5.56 Å². The fraction of sp³-hybridized carbons (Fsp3) is 0.350. The standard InChI is InChI=1S/C20H24N2O3S/c23-20(8-4-7-16-5-2-1-3-6-16)21-15-17-9-13-19(14-10-17)26(24,25)22-18-11-12-18/h1-3,5-6,9-10,13-14,18,22H,4,7-8,11-12,15H2,(H,21,23). The lowest BCUT2D eigenvalue weighted by atomic mass is 10.1. The Hall–Kier alpha value is -2.18. The van der Waals surface area contributed by atoms with Crippen molar-refractivity contribution in [2.45, 2.75) is 49.6 Å². The van der Waals surface area contributed by atoms with Gasteiger partial charge in [-0.15, -0.1) is 0 Å². The predicted octanol–water partition coefficient (Wildman–Crippen LogP) is 2.77. The van der Waals surface area contributed by atoms with Gasteiger partial charge in [-0.3, -0.25) is 4.79 Å². The van der Waals surface area contributed by atoms with Gasteiger partial charge in [0.2, 0.25) is 15.9 Å². The Morgan fingerprint density at radius 1 is 0.962 bits per heavy atom. The van der Waals surface area contributed by atoms with Crippen LogP contribution < -0.4 is 10.0 Å². The summed E-state index contributed by atoms with van der Waals surface area (Å²) in [4.78, 5) is 12.2. The zero-order valence-corrected chi connectivity index (χ0v) is 15.5. The first-order valence-corrected chi connectivity index (χ1v) is 10.4. The highest BCUT2D eigenvalue weighted by Gasteiger charge is 2.27. The van der Waals surface area contributed by atoms with Crippen molar-refractivity contribution in [2.24, 2.45) is 0 Å². The number of carbonyl (C=O) groups excluding carboxylic acids is 1. The fourth-order valence-corrected chi connectivity index (χ4v) is 3.97. The summed E-state index contributed by atoms with van der Waals surface area (Å²) in [6.07, 6.45) is 3.99. The molecule has 1 amide bonds. The molecule has 0 unspecified atom stereocenters. The topological polar surface area (TPSA) is 75.3 Å². The molecule has 5 nitrogen and oxygen atoms in total. The maximum absolute atomic E-state index is 12.1. The van der Waals surface area contributed by atoms with E-state index in [0.29, 0.717) is 13.0 Å². The molecule has 1 aliphatic carbocycles. The summed E-state index contributed by atoms with van der Waals surface area (Å²) < 4.78 is 26.9. The van der Waals surface area contributed by atoms with E-state index in [2.05, 4.69) is 22.2 Å². The second kappa shape index (κ2) is 8.47. The van der Waals surface area contributed by atoms with E-state index in [-0.39, 0.29) is 16.8 Å². The highest BCUT2D eigenvalue weighted by atomic mass is 32.2. The highest BCUT2D eigenvalue weighted by Crippen LogP contribution is 2.22. The van der Waals surface area contributed by atoms with E-state index in [1.54, 1.807) is 24.3 Å². The molecule has 2 aromatic rings. The molecule has 0 spiro atoms. The maximum Gasteiger partial charge on any atom is 0.240 e. The van der Waals surface area contributed by atoms with Gasteiger partial charge in [-0.05, 0) is 48.9 Å². The molecule has 0 atom stereocenters. The van der Waals surface area contributed by atoms with Crippen molar-refractivity contribution >= 4 is 15.9 Å². The van der Waals surface area contributed by atoms with Crippen LogP contribution in [0.2, 0.25) is 0 Å². The van der Waals surface area contributed by atoms with Crippen LogP contribution in [0.5, 0.6) is 0 Å². The minimum Gasteiger partial charge on any atom is -0.352 e. The summed E-state index contributed by atoms with van der Waals surface area (Å²) in [5.74, 6) is 0.00743. The van der Waals surface area contributed by atoms with Crippen molar-refractivity contribution in [1.82, 2.24) is 10.0 Å². The third-order valence-electron chi connectivity index (χ3n) is 4.33. The van der Waals surface area contributed by atoms with E-state index in [1.807, 2.05) is 18.2 Å². The largest absolute Gasteiger partial charge is 0.352 e. The minimum absolute atomic E-state index is 0.00743. The lowest BCUT2D eigenvalue weighted by Crippen LogP contribution is -2.26. The number of benzene rings is 2. The molecule has 3 rings (SSSR count). The Bertz CT molecular complexity index is 829. The molecule has 2 N–H and O–H groups in total. The number of aryl methyl sites for hydroxylation is 1. The first-order valence-electron chi connectivity index (χ1n) is 8.95. The summed E-state index contributed by atoms with van der Waals surface area (Å²) in [7, 11) is -3.42. The molecule has 138 valence electrons. The van der Waals surface area contributed by atoms with Gasteiger partial charge in [-0.1, -0.05) is 42.5 Å². The Labute approximate surface area is 154 Å². The summed E-state index contributed by atoms with van der Waals surface area (Å²) >= 11 is 0. The second-order valence-corrected chi connectivity index (χ2v) is 8.37. The summed E-state index contributed by atoms with van der Waals surface area (Å²) in [6.45, 7) is 0.403. The molecule has 0 aromatic heterocycles. The van der Waals surface area contributed by atoms with Crippen LogP contribution >= 0.6 is 0 Å². The average molecular weight is 372 g/mol. The number of sulfonamides is 1. The van der Waals surface area contributed by atoms with E-state index >= 15 is 0 Å². The molecular weight excluding hydrogens is 348 g/mol. The third kappa shape index (κ3) is 5.68. The molecule has 1 fully saturated rings. The zero-order valence-electron chi connectivity index (χ0n) is 14.6. The van der Waals surface area contributed by atoms with Gasteiger partial charge in [-0.25, -0.2) is 13.1 Å². The Morgan fingerprint density at radius 3 is 2.31 bits per heavy atom. The van der Waals surface area contributed by atoms with Crippen molar-refractivity contribution in [3.8, 4) is 0 Å². The normalized spacial score (nSPS) is 14.2. The molecule has 6 heteroatoms. The van der Waals surface area contributed by atoms with Crippen molar-refractivity contribution < 1.29 is 13.2 Å². The summed E-state index contributed by atoms with van der Waals surface area (Å²) in [5.41, 5.74) is 2.11. The van der Waals surface area contributed by atoms with Gasteiger partial charge < -0.3 is 5.32 Å². The first kappa shape index (κ1) is 18.6. The summed E-state index contributed by atoms with van der Waals surface area (Å²) in [5, 5.41) is 2.88. The number of nitrogens with one attached hydrogen (secondary N) is 2. The van der Waals surface area contributed by atoms with Crippen LogP contribution in [0.1, 0.15) is 36.8 Å². The minimum atomic E-state index is -3.42. The average Bonchev–Trinajstić information content (AvgIpc) is 3.44. The van der Waals surface area contributed by atoms with Crippen molar-refractivity contribution in [3.05, 3.63) is 65.7 Å². The van der Waals surface area contributed by atoms with Crippen molar-refractivity contribution in [3.63, 3.8) is 0 Å². The van der Waals surface area contributed by atoms with Gasteiger partial charge >= 0.3 is 0 Å². The maximum atomic E-state index is 12.1. The smallest absolute Gasteiger partial charge is 0.240 e. The van der Waals surface area contributed by atoms with E-state index in [0.717, 1.165) is 31.2 Å². The van der Waals surface area contributed by atoms with Crippen LogP contribution in [0.25, 0.3) is 0 Å². The Kier molecular flexibility index (Phi) is 6.06. The molecule has 26 heavy (non-hydrogen) atoms. The van der Waals surface area contributed by atoms with Gasteiger partial charge in [0, 0.05) is 19.0 Å². The number of hydrogen-bond acceptors (Lipinski definition) is 3. The van der Waals surface area contributed by atoms with Crippen LogP contribution in [0, 0.1) is 0 Å². The molecular formula is C20H24N2O3S. The molecule has 2 aromatic carbocycles. The highest BCUT2D eigenvalue weighted by molar-refractivity contribution is 7.89. The van der Waals surface area contributed by atoms with Crippen LogP contribution in [0.3, 0.4) is 0 Å². The van der Waals surface area contributed by atoms with Crippen LogP contribution in [0.15, 0.2) is 59.5 Å². The van der Waals surface area contributed by atoms with E-state index in [4.69, 9.17) is 0 Å². The fourth-order valence-electron chi connectivity index (χ4n) is 2.66. The van der Waals surface area contributed by atoms with Crippen molar-refractivity contribution in [1.29, 1.82) is 0 Å². The van der Waals surface area contributed by atoms with E-state index < -0.39 is 10.0 Å². The number of carbonyl (C=O) groups is 1. The zero-order chi connectivity index (χ0) is 18.4. The molecule has 0 heterocycles. The van der Waals surface area contributed by atoms with Gasteiger partial charge in [0.05, 0.1) is 4.90 Å². The molecule has 0 radical (unpaired) electrons. The van der Waals surface area contributed by atoms with Crippen LogP contribution in [-0.4, -0.2) is 20.4 Å². The van der Waals surface area contributed by atoms with Gasteiger partial charge in [0.25, 0.3) is 0 Å². The Balaban J connectivity index is 1.42. The molecule has 0 aliphatic heterocycles. The third-order valence-corrected chi connectivity index (χ3v) is 5.87. The predicted molar refractivity (Wildman–Crippen MR) is 101 cm³/mol. The van der Waals surface area contributed by atoms with Crippen molar-refractivity contribution in [2.75, 3.05) is 0 Å². The molecule has 0 bridgehead atoms. The molecule has 1 saturated carbocycles. The van der Waals surface area contributed by atoms with Gasteiger partial charge in [-0.2, -0.15) is 0 Å². The second-order valence-electron chi connectivity index (χ2n) is 6.66. The lowest BCUT2D eigenvalue weighted by molar-refractivity contribution is -0.121. The molecule has 1 aliphatic rings. The Morgan fingerprint density at radius 2 is 1.65 bits per heavy atom. The first-order chi connectivity index (χ1) is 12.5. The monoisotopic (exact) mass is 372 g/mol. The van der Waals surface area contributed by atoms with E-state index in [9.17, 15) is 13.2 Å². The number of amides is 1. The lowest BCUT2D eigenvalue weighted by Gasteiger charge is -2.08. The van der Waals surface area contributed by atoms with Crippen LogP contribution in [-0.2, 0) is 27.8 Å². The quantitative estimate of drug-likeness (QED) is 0.711. The number of rotatable bonds is 9. The van der Waals surface area contributed by atoms with Gasteiger partial charge in [0.15, 0.2) is 0 Å². The number of hydrogen-bond donors (Lipinski definition) is 2.